The fourth-order valence-corrected chi connectivity index (χ4v) is 4.06. The van der Waals surface area contributed by atoms with Crippen LogP contribution in [0.1, 0.15) is 96.5 Å². The van der Waals surface area contributed by atoms with E-state index in [0.717, 1.165) is 17.6 Å². The zero-order valence-electron chi connectivity index (χ0n) is 18.1. The van der Waals surface area contributed by atoms with E-state index in [0.29, 0.717) is 0 Å². The van der Waals surface area contributed by atoms with Crippen molar-refractivity contribution < 1.29 is 13.0 Å². The summed E-state index contributed by atoms with van der Waals surface area (Å²) in [6.07, 6.45) is 17.2. The van der Waals surface area contributed by atoms with Crippen molar-refractivity contribution in [2.24, 2.45) is 0 Å². The zero-order valence-corrected chi connectivity index (χ0v) is 18.9. The SMILES string of the molecule is C1CCC(NC2CCCCC2)CC1.CCCC.Cc1ccc(S(=O)(=O)O)cc1. The summed E-state index contributed by atoms with van der Waals surface area (Å²) in [7, 11) is -4.02. The van der Waals surface area contributed by atoms with Crippen molar-refractivity contribution in [2.45, 2.75) is 115 Å². The van der Waals surface area contributed by atoms with E-state index in [-0.39, 0.29) is 4.90 Å². The van der Waals surface area contributed by atoms with Crippen LogP contribution in [0.15, 0.2) is 29.2 Å². The molecular weight excluding hydrogens is 370 g/mol. The molecule has 4 nitrogen and oxygen atoms in total. The van der Waals surface area contributed by atoms with Gasteiger partial charge in [0, 0.05) is 12.1 Å². The lowest BCUT2D eigenvalue weighted by Gasteiger charge is -2.30. The molecule has 0 aliphatic heterocycles. The molecule has 2 fully saturated rings. The lowest BCUT2D eigenvalue weighted by Crippen LogP contribution is -2.40. The van der Waals surface area contributed by atoms with E-state index < -0.39 is 10.1 Å². The maximum absolute atomic E-state index is 10.5. The average molecular weight is 412 g/mol. The Morgan fingerprint density at radius 2 is 1.21 bits per heavy atom. The van der Waals surface area contributed by atoms with Crippen molar-refractivity contribution >= 4 is 10.1 Å². The number of hydrogen-bond acceptors (Lipinski definition) is 3. The molecule has 162 valence electrons. The number of nitrogens with one attached hydrogen (secondary N) is 1. The number of hydrogen-bond donors (Lipinski definition) is 2. The number of unbranched alkanes of at least 4 members (excludes halogenated alkanes) is 1. The summed E-state index contributed by atoms with van der Waals surface area (Å²) in [6, 6.07) is 7.73. The van der Waals surface area contributed by atoms with Gasteiger partial charge in [-0.05, 0) is 44.7 Å². The molecule has 2 saturated carbocycles. The fourth-order valence-electron chi connectivity index (χ4n) is 3.58. The summed E-state index contributed by atoms with van der Waals surface area (Å²) in [5.41, 5.74) is 0.956. The summed E-state index contributed by atoms with van der Waals surface area (Å²) in [5.74, 6) is 0. The molecule has 5 heteroatoms. The van der Waals surface area contributed by atoms with Gasteiger partial charge in [-0.1, -0.05) is 82.9 Å². The monoisotopic (exact) mass is 411 g/mol. The highest BCUT2D eigenvalue weighted by atomic mass is 32.2. The molecule has 0 spiro atoms. The van der Waals surface area contributed by atoms with Gasteiger partial charge in [0.2, 0.25) is 0 Å². The summed E-state index contributed by atoms with van der Waals surface area (Å²) in [5, 5.41) is 3.86. The van der Waals surface area contributed by atoms with E-state index in [9.17, 15) is 8.42 Å². The highest BCUT2D eigenvalue weighted by Gasteiger charge is 2.19. The molecule has 0 radical (unpaired) electrons. The first-order valence-corrected chi connectivity index (χ1v) is 12.6. The molecule has 3 rings (SSSR count). The van der Waals surface area contributed by atoms with Gasteiger partial charge < -0.3 is 5.32 Å². The van der Waals surface area contributed by atoms with Crippen LogP contribution in [0.3, 0.4) is 0 Å². The van der Waals surface area contributed by atoms with Gasteiger partial charge in [-0.25, -0.2) is 0 Å². The first-order valence-electron chi connectivity index (χ1n) is 11.2. The first kappa shape index (κ1) is 25.1. The van der Waals surface area contributed by atoms with Crippen molar-refractivity contribution in [2.75, 3.05) is 0 Å². The van der Waals surface area contributed by atoms with Gasteiger partial charge in [0.05, 0.1) is 4.90 Å². The molecule has 0 bridgehead atoms. The van der Waals surface area contributed by atoms with Crippen LogP contribution < -0.4 is 5.32 Å². The van der Waals surface area contributed by atoms with Crippen LogP contribution in [0.4, 0.5) is 0 Å². The second-order valence-corrected chi connectivity index (χ2v) is 9.55. The smallest absolute Gasteiger partial charge is 0.294 e. The van der Waals surface area contributed by atoms with Crippen molar-refractivity contribution in [3.63, 3.8) is 0 Å². The van der Waals surface area contributed by atoms with E-state index >= 15 is 0 Å². The lowest BCUT2D eigenvalue weighted by atomic mass is 9.91. The molecule has 0 amide bonds. The molecule has 2 N–H and O–H groups in total. The molecule has 2 aliphatic carbocycles. The highest BCUT2D eigenvalue weighted by Crippen LogP contribution is 2.22. The van der Waals surface area contributed by atoms with Gasteiger partial charge in [0.1, 0.15) is 0 Å². The quantitative estimate of drug-likeness (QED) is 0.571. The van der Waals surface area contributed by atoms with E-state index in [1.54, 1.807) is 12.1 Å². The predicted molar refractivity (Wildman–Crippen MR) is 118 cm³/mol. The van der Waals surface area contributed by atoms with Gasteiger partial charge in [-0.3, -0.25) is 4.55 Å². The Morgan fingerprint density at radius 3 is 1.54 bits per heavy atom. The molecule has 1 aromatic rings. The minimum atomic E-state index is -4.02. The number of aryl methyl sites for hydroxylation is 1. The van der Waals surface area contributed by atoms with Gasteiger partial charge in [-0.2, -0.15) is 8.42 Å². The van der Waals surface area contributed by atoms with E-state index in [1.807, 2.05) is 6.92 Å². The number of benzene rings is 1. The Hall–Kier alpha value is -0.910. The average Bonchev–Trinajstić information content (AvgIpc) is 2.70. The summed E-state index contributed by atoms with van der Waals surface area (Å²) in [6.45, 7) is 6.20. The largest absolute Gasteiger partial charge is 0.311 e. The molecule has 1 aromatic carbocycles. The Labute approximate surface area is 173 Å². The van der Waals surface area contributed by atoms with Crippen LogP contribution in [0.2, 0.25) is 0 Å². The Morgan fingerprint density at radius 1 is 0.821 bits per heavy atom. The van der Waals surface area contributed by atoms with Gasteiger partial charge >= 0.3 is 0 Å². The van der Waals surface area contributed by atoms with Crippen LogP contribution in [0.5, 0.6) is 0 Å². The fraction of sp³-hybridized carbons (Fsp3) is 0.739. The standard InChI is InChI=1S/C12H23N.C7H8O3S.C4H10/c1-3-7-11(8-4-1)13-12-9-5-2-6-10-12;1-6-2-4-7(5-3-6)11(8,9)10;1-3-4-2/h11-13H,1-10H2;2-5H,1H3,(H,8,9,10);3-4H2,1-2H3. The molecule has 2 aliphatic rings. The van der Waals surface area contributed by atoms with Gasteiger partial charge in [-0.15, -0.1) is 0 Å². The van der Waals surface area contributed by atoms with E-state index in [4.69, 9.17) is 4.55 Å². The second kappa shape index (κ2) is 14.1. The van der Waals surface area contributed by atoms with Crippen LogP contribution in [0.25, 0.3) is 0 Å². The maximum atomic E-state index is 10.5. The Kier molecular flexibility index (Phi) is 12.7. The van der Waals surface area contributed by atoms with Crippen LogP contribution in [-0.2, 0) is 10.1 Å². The molecule has 0 aromatic heterocycles. The molecular formula is C23H41NO3S. The van der Waals surface area contributed by atoms with E-state index in [1.165, 1.54) is 89.2 Å². The van der Waals surface area contributed by atoms with Crippen molar-refractivity contribution in [1.82, 2.24) is 5.32 Å². The summed E-state index contributed by atoms with van der Waals surface area (Å²) in [4.78, 5) is -0.0666. The molecule has 0 saturated heterocycles. The minimum Gasteiger partial charge on any atom is -0.311 e. The summed E-state index contributed by atoms with van der Waals surface area (Å²) < 4.78 is 29.6. The topological polar surface area (TPSA) is 66.4 Å². The highest BCUT2D eigenvalue weighted by molar-refractivity contribution is 7.85. The van der Waals surface area contributed by atoms with Crippen LogP contribution >= 0.6 is 0 Å². The van der Waals surface area contributed by atoms with Crippen LogP contribution in [-0.4, -0.2) is 25.1 Å². The van der Waals surface area contributed by atoms with Crippen molar-refractivity contribution in [3.05, 3.63) is 29.8 Å². The Balaban J connectivity index is 0.000000239. The van der Waals surface area contributed by atoms with E-state index in [2.05, 4.69) is 19.2 Å². The van der Waals surface area contributed by atoms with Gasteiger partial charge in [0.15, 0.2) is 0 Å². The molecule has 0 unspecified atom stereocenters. The zero-order chi connectivity index (χ0) is 20.8. The Bertz CT molecular complexity index is 583. The van der Waals surface area contributed by atoms with Crippen molar-refractivity contribution in [1.29, 1.82) is 0 Å². The second-order valence-electron chi connectivity index (χ2n) is 8.12. The molecule has 0 heterocycles. The lowest BCUT2D eigenvalue weighted by molar-refractivity contribution is 0.291. The van der Waals surface area contributed by atoms with Crippen molar-refractivity contribution in [3.8, 4) is 0 Å². The third-order valence-corrected chi connectivity index (χ3v) is 6.37. The third-order valence-electron chi connectivity index (χ3n) is 5.50. The normalized spacial score (nSPS) is 18.4. The molecule has 0 atom stereocenters. The minimum absolute atomic E-state index is 0.0666. The predicted octanol–water partition coefficient (Wildman–Crippen LogP) is 6.29. The van der Waals surface area contributed by atoms with Crippen LogP contribution in [0, 0.1) is 6.92 Å². The first-order chi connectivity index (χ1) is 13.4. The summed E-state index contributed by atoms with van der Waals surface area (Å²) >= 11 is 0. The third kappa shape index (κ3) is 11.2. The van der Waals surface area contributed by atoms with Gasteiger partial charge in [0.25, 0.3) is 10.1 Å². The molecule has 28 heavy (non-hydrogen) atoms. The number of rotatable bonds is 4. The maximum Gasteiger partial charge on any atom is 0.294 e.